The van der Waals surface area contributed by atoms with Crippen LogP contribution in [0.1, 0.15) is 39.2 Å². The van der Waals surface area contributed by atoms with Gasteiger partial charge in [-0.2, -0.15) is 0 Å². The molecule has 0 aromatic heterocycles. The van der Waals surface area contributed by atoms with Crippen molar-refractivity contribution in [3.63, 3.8) is 0 Å². The average molecular weight is 531 g/mol. The lowest BCUT2D eigenvalue weighted by atomic mass is 10.2. The van der Waals surface area contributed by atoms with Crippen LogP contribution in [0.15, 0.2) is 29.3 Å². The van der Waals surface area contributed by atoms with Gasteiger partial charge in [0, 0.05) is 51.9 Å². The lowest BCUT2D eigenvalue weighted by Gasteiger charge is -2.34. The summed E-state index contributed by atoms with van der Waals surface area (Å²) >= 11 is 0. The van der Waals surface area contributed by atoms with Crippen molar-refractivity contribution in [1.82, 2.24) is 15.5 Å². The average Bonchev–Trinajstić information content (AvgIpc) is 2.68. The summed E-state index contributed by atoms with van der Waals surface area (Å²) in [6, 6.07) is 7.88. The number of aliphatic imine (C=N–C) groups is 1. The molecule has 3 N–H and O–H groups in total. The number of nitrogens with one attached hydrogen (secondary N) is 3. The van der Waals surface area contributed by atoms with Crippen molar-refractivity contribution in [2.45, 2.75) is 46.3 Å². The summed E-state index contributed by atoms with van der Waals surface area (Å²) < 4.78 is 5.89. The van der Waals surface area contributed by atoms with E-state index in [0.717, 1.165) is 56.4 Å². The maximum atomic E-state index is 11.8. The second-order valence-electron chi connectivity index (χ2n) is 7.95. The Balaban J connectivity index is 0.00000450. The van der Waals surface area contributed by atoms with E-state index in [1.54, 1.807) is 7.05 Å². The molecule has 1 fully saturated rings. The van der Waals surface area contributed by atoms with E-state index in [-0.39, 0.29) is 36.0 Å². The third kappa shape index (κ3) is 10.1. The second kappa shape index (κ2) is 14.6. The van der Waals surface area contributed by atoms with E-state index in [2.05, 4.69) is 39.7 Å². The molecule has 0 radical (unpaired) electrons. The molecule has 0 aliphatic carbocycles. The first kappa shape index (κ1) is 26.6. The fourth-order valence-electron chi connectivity index (χ4n) is 3.41. The Hall–Kier alpha value is -1.39. The van der Waals surface area contributed by atoms with Crippen LogP contribution in [0.3, 0.4) is 0 Å². The molecule has 8 heteroatoms. The standard InChI is InChI=1S/C22H37N5O2.HI/c1-5-7-21(28)26-19-9-6-8-18(12-19)13-24-22(23-4)25-14-20-16-27(10-11-29-20)15-17(2)3;/h6,8-9,12,17,20H,5,7,10-11,13-16H2,1-4H3,(H,26,28)(H2,23,24,25);1H. The molecule has 1 saturated heterocycles. The molecular formula is C22H38IN5O2. The zero-order valence-corrected chi connectivity index (χ0v) is 21.1. The van der Waals surface area contributed by atoms with E-state index < -0.39 is 0 Å². The fraction of sp³-hybridized carbons (Fsp3) is 0.636. The van der Waals surface area contributed by atoms with Gasteiger partial charge in [0.15, 0.2) is 5.96 Å². The largest absolute Gasteiger partial charge is 0.374 e. The number of amides is 1. The molecule has 1 unspecified atom stereocenters. The van der Waals surface area contributed by atoms with Gasteiger partial charge in [0.2, 0.25) is 5.91 Å². The molecule has 30 heavy (non-hydrogen) atoms. The van der Waals surface area contributed by atoms with Crippen molar-refractivity contribution in [3.8, 4) is 0 Å². The minimum atomic E-state index is 0. The number of morpholine rings is 1. The lowest BCUT2D eigenvalue weighted by molar-refractivity contribution is -0.116. The molecule has 170 valence electrons. The van der Waals surface area contributed by atoms with E-state index >= 15 is 0 Å². The second-order valence-corrected chi connectivity index (χ2v) is 7.95. The maximum Gasteiger partial charge on any atom is 0.224 e. The highest BCUT2D eigenvalue weighted by molar-refractivity contribution is 14.0. The number of rotatable bonds is 9. The normalized spacial score (nSPS) is 17.4. The lowest BCUT2D eigenvalue weighted by Crippen LogP contribution is -2.50. The Bertz CT molecular complexity index is 669. The van der Waals surface area contributed by atoms with Crippen molar-refractivity contribution < 1.29 is 9.53 Å². The molecule has 1 heterocycles. The summed E-state index contributed by atoms with van der Waals surface area (Å²) in [5.74, 6) is 1.46. The van der Waals surface area contributed by atoms with Gasteiger partial charge in [-0.1, -0.05) is 32.9 Å². The molecule has 0 bridgehead atoms. The Morgan fingerprint density at radius 2 is 2.13 bits per heavy atom. The van der Waals surface area contributed by atoms with Gasteiger partial charge in [0.1, 0.15) is 0 Å². The van der Waals surface area contributed by atoms with Gasteiger partial charge >= 0.3 is 0 Å². The molecular weight excluding hydrogens is 493 g/mol. The first-order valence-electron chi connectivity index (χ1n) is 10.7. The van der Waals surface area contributed by atoms with Crippen molar-refractivity contribution in [2.24, 2.45) is 10.9 Å². The molecule has 1 atom stereocenters. The van der Waals surface area contributed by atoms with Gasteiger partial charge in [-0.25, -0.2) is 0 Å². The quantitative estimate of drug-likeness (QED) is 0.260. The predicted molar refractivity (Wildman–Crippen MR) is 135 cm³/mol. The highest BCUT2D eigenvalue weighted by Gasteiger charge is 2.21. The Morgan fingerprint density at radius 1 is 1.33 bits per heavy atom. The van der Waals surface area contributed by atoms with Crippen LogP contribution in [0.2, 0.25) is 0 Å². The Kier molecular flexibility index (Phi) is 13.0. The van der Waals surface area contributed by atoms with Crippen LogP contribution < -0.4 is 16.0 Å². The van der Waals surface area contributed by atoms with Crippen molar-refractivity contribution in [3.05, 3.63) is 29.8 Å². The number of halogens is 1. The van der Waals surface area contributed by atoms with Crippen LogP contribution in [0.4, 0.5) is 5.69 Å². The molecule has 7 nitrogen and oxygen atoms in total. The third-order valence-corrected chi connectivity index (χ3v) is 4.71. The number of benzene rings is 1. The number of carbonyl (C=O) groups is 1. The summed E-state index contributed by atoms with van der Waals surface area (Å²) in [6.07, 6.45) is 1.55. The van der Waals surface area contributed by atoms with Gasteiger partial charge < -0.3 is 20.7 Å². The first-order chi connectivity index (χ1) is 14.0. The summed E-state index contributed by atoms with van der Waals surface area (Å²) in [6.45, 7) is 11.7. The molecule has 1 aliphatic heterocycles. The van der Waals surface area contributed by atoms with Crippen LogP contribution in [0, 0.1) is 5.92 Å². The SMILES string of the molecule is CCCC(=O)Nc1cccc(CNC(=NC)NCC2CN(CC(C)C)CCO2)c1.I. The predicted octanol–water partition coefficient (Wildman–Crippen LogP) is 3.07. The van der Waals surface area contributed by atoms with Gasteiger partial charge in [0.05, 0.1) is 12.7 Å². The van der Waals surface area contributed by atoms with Crippen molar-refractivity contribution >= 4 is 41.5 Å². The van der Waals surface area contributed by atoms with Crippen molar-refractivity contribution in [2.75, 3.05) is 45.2 Å². The van der Waals surface area contributed by atoms with Crippen LogP contribution in [0.5, 0.6) is 0 Å². The molecule has 1 aromatic rings. The number of carbonyl (C=O) groups excluding carboxylic acids is 1. The van der Waals surface area contributed by atoms with E-state index in [1.165, 1.54) is 0 Å². The zero-order chi connectivity index (χ0) is 21.1. The molecule has 0 saturated carbocycles. The number of nitrogens with zero attached hydrogens (tertiary/aromatic N) is 2. The van der Waals surface area contributed by atoms with E-state index in [4.69, 9.17) is 4.74 Å². The van der Waals surface area contributed by atoms with Gasteiger partial charge in [-0.05, 0) is 30.0 Å². The number of ether oxygens (including phenoxy) is 1. The number of hydrogen-bond donors (Lipinski definition) is 3. The monoisotopic (exact) mass is 531 g/mol. The Labute approximate surface area is 198 Å². The summed E-state index contributed by atoms with van der Waals surface area (Å²) in [7, 11) is 1.77. The summed E-state index contributed by atoms with van der Waals surface area (Å²) in [4.78, 5) is 18.6. The van der Waals surface area contributed by atoms with Crippen molar-refractivity contribution in [1.29, 1.82) is 0 Å². The molecule has 1 amide bonds. The van der Waals surface area contributed by atoms with Gasteiger partial charge in [0.25, 0.3) is 0 Å². The topological polar surface area (TPSA) is 78.0 Å². The smallest absolute Gasteiger partial charge is 0.224 e. The highest BCUT2D eigenvalue weighted by atomic mass is 127. The van der Waals surface area contributed by atoms with Crippen LogP contribution in [-0.2, 0) is 16.1 Å². The van der Waals surface area contributed by atoms with Gasteiger partial charge in [-0.3, -0.25) is 14.7 Å². The first-order valence-corrected chi connectivity index (χ1v) is 10.7. The molecule has 1 aliphatic rings. The zero-order valence-electron chi connectivity index (χ0n) is 18.7. The molecule has 1 aromatic carbocycles. The fourth-order valence-corrected chi connectivity index (χ4v) is 3.41. The summed E-state index contributed by atoms with van der Waals surface area (Å²) in [5.41, 5.74) is 1.91. The van der Waals surface area contributed by atoms with Crippen LogP contribution in [-0.4, -0.2) is 62.7 Å². The van der Waals surface area contributed by atoms with Crippen LogP contribution in [0.25, 0.3) is 0 Å². The molecule has 0 spiro atoms. The number of guanidine groups is 1. The number of anilines is 1. The molecule has 2 rings (SSSR count). The van der Waals surface area contributed by atoms with Crippen LogP contribution >= 0.6 is 24.0 Å². The minimum absolute atomic E-state index is 0. The highest BCUT2D eigenvalue weighted by Crippen LogP contribution is 2.11. The van der Waals surface area contributed by atoms with Gasteiger partial charge in [-0.15, -0.1) is 24.0 Å². The summed E-state index contributed by atoms with van der Waals surface area (Å²) in [5, 5.41) is 9.63. The van der Waals surface area contributed by atoms with E-state index in [1.807, 2.05) is 31.2 Å². The maximum absolute atomic E-state index is 11.8. The van der Waals surface area contributed by atoms with E-state index in [0.29, 0.717) is 18.9 Å². The van der Waals surface area contributed by atoms with E-state index in [9.17, 15) is 4.79 Å². The number of hydrogen-bond acceptors (Lipinski definition) is 4. The minimum Gasteiger partial charge on any atom is -0.374 e. The third-order valence-electron chi connectivity index (χ3n) is 4.71. The Morgan fingerprint density at radius 3 is 2.83 bits per heavy atom.